The average Bonchev–Trinajstić information content (AvgIpc) is 2.88. The Morgan fingerprint density at radius 2 is 1.61 bits per heavy atom. The van der Waals surface area contributed by atoms with Gasteiger partial charge in [0.05, 0.1) is 36.1 Å². The summed E-state index contributed by atoms with van der Waals surface area (Å²) in [5.41, 5.74) is 3.04. The number of amides is 2. The van der Waals surface area contributed by atoms with E-state index in [-0.39, 0.29) is 5.69 Å². The minimum absolute atomic E-state index is 0.138. The molecule has 0 saturated carbocycles. The predicted molar refractivity (Wildman–Crippen MR) is 131 cm³/mol. The van der Waals surface area contributed by atoms with Gasteiger partial charge in [-0.05, 0) is 48.5 Å². The number of nitrogens with one attached hydrogen (secondary N) is 2. The average molecular weight is 491 g/mol. The number of aromatic nitrogens is 2. The quantitative estimate of drug-likeness (QED) is 0.387. The van der Waals surface area contributed by atoms with Crippen molar-refractivity contribution in [1.82, 2.24) is 14.9 Å². The van der Waals surface area contributed by atoms with Crippen molar-refractivity contribution in [2.45, 2.75) is 6.54 Å². The molecule has 1 saturated heterocycles. The van der Waals surface area contributed by atoms with Crippen molar-refractivity contribution >= 4 is 28.4 Å². The minimum atomic E-state index is -1.04. The molecule has 0 radical (unpaired) electrons. The number of carbonyl (C=O) groups excluding carboxylic acids is 1. The summed E-state index contributed by atoms with van der Waals surface area (Å²) in [5.74, 6) is -0.846. The van der Waals surface area contributed by atoms with E-state index < -0.39 is 17.7 Å². The van der Waals surface area contributed by atoms with Gasteiger partial charge in [-0.15, -0.1) is 0 Å². The Morgan fingerprint density at radius 3 is 2.39 bits per heavy atom. The van der Waals surface area contributed by atoms with Gasteiger partial charge in [-0.25, -0.2) is 18.6 Å². The summed E-state index contributed by atoms with van der Waals surface area (Å²) in [6.45, 7) is 3.92. The zero-order valence-corrected chi connectivity index (χ0v) is 19.2. The molecule has 4 aromatic rings. The summed E-state index contributed by atoms with van der Waals surface area (Å²) >= 11 is 0. The van der Waals surface area contributed by atoms with Crippen molar-refractivity contribution in [2.24, 2.45) is 0 Å². The van der Waals surface area contributed by atoms with E-state index in [0.29, 0.717) is 17.2 Å². The first kappa shape index (κ1) is 23.6. The number of nitrogens with zero attached hydrogens (tertiary/aromatic N) is 3. The van der Waals surface area contributed by atoms with Gasteiger partial charge in [-0.1, -0.05) is 0 Å². The molecule has 0 atom stereocenters. The van der Waals surface area contributed by atoms with Crippen molar-refractivity contribution in [2.75, 3.05) is 36.9 Å². The molecule has 1 aliphatic heterocycles. The Balaban J connectivity index is 1.21. The topological polar surface area (TPSA) is 88.6 Å². The fraction of sp³-hybridized carbons (Fsp3) is 0.192. The van der Waals surface area contributed by atoms with Crippen molar-refractivity contribution in [3.05, 3.63) is 84.2 Å². The number of morpholine rings is 1. The lowest BCUT2D eigenvalue weighted by Crippen LogP contribution is -2.35. The molecule has 2 N–H and O–H groups in total. The molecule has 0 spiro atoms. The van der Waals surface area contributed by atoms with Crippen LogP contribution in [0.25, 0.3) is 11.0 Å². The van der Waals surface area contributed by atoms with Gasteiger partial charge < -0.3 is 20.1 Å². The smallest absolute Gasteiger partial charge is 0.323 e. The summed E-state index contributed by atoms with van der Waals surface area (Å²) in [5, 5.41) is 5.08. The number of fused-ring (bicyclic) bond motifs is 1. The summed E-state index contributed by atoms with van der Waals surface area (Å²) in [4.78, 5) is 23.7. The second-order valence-corrected chi connectivity index (χ2v) is 8.23. The van der Waals surface area contributed by atoms with Crippen LogP contribution >= 0.6 is 0 Å². The molecular formula is C26H23F2N5O3. The zero-order chi connectivity index (χ0) is 24.9. The molecule has 1 aromatic heterocycles. The molecule has 0 aliphatic carbocycles. The van der Waals surface area contributed by atoms with Crippen LogP contribution in [0.3, 0.4) is 0 Å². The second kappa shape index (κ2) is 10.6. The highest BCUT2D eigenvalue weighted by Crippen LogP contribution is 2.26. The standard InChI is InChI=1S/C26H23F2N5O3/c27-22-7-3-18(13-23(22)28)32-26(34)31-17-1-4-20(5-2-17)36-21-6-8-24-25(14-21)30-19(15-29-24)16-33-9-11-35-12-10-33/h1-8,13-15H,9-12,16H2,(H2,31,32,34). The number of rotatable bonds is 6. The fourth-order valence-corrected chi connectivity index (χ4v) is 3.77. The van der Waals surface area contributed by atoms with Crippen molar-refractivity contribution < 1.29 is 23.0 Å². The first-order chi connectivity index (χ1) is 17.5. The summed E-state index contributed by atoms with van der Waals surface area (Å²) < 4.78 is 37.7. The minimum Gasteiger partial charge on any atom is -0.457 e. The third-order valence-corrected chi connectivity index (χ3v) is 5.58. The highest BCUT2D eigenvalue weighted by atomic mass is 19.2. The molecule has 1 fully saturated rings. The highest BCUT2D eigenvalue weighted by Gasteiger charge is 2.12. The molecular weight excluding hydrogens is 468 g/mol. The maximum Gasteiger partial charge on any atom is 0.323 e. The Morgan fingerprint density at radius 1 is 0.889 bits per heavy atom. The van der Waals surface area contributed by atoms with Gasteiger partial charge >= 0.3 is 6.03 Å². The van der Waals surface area contributed by atoms with E-state index in [0.717, 1.165) is 61.7 Å². The zero-order valence-electron chi connectivity index (χ0n) is 19.2. The van der Waals surface area contributed by atoms with Crippen LogP contribution in [0.4, 0.5) is 25.0 Å². The van der Waals surface area contributed by atoms with Crippen LogP contribution in [0.5, 0.6) is 11.5 Å². The van der Waals surface area contributed by atoms with Gasteiger partial charge in [0.2, 0.25) is 0 Å². The normalized spacial score (nSPS) is 13.9. The lowest BCUT2D eigenvalue weighted by molar-refractivity contribution is 0.0336. The fourth-order valence-electron chi connectivity index (χ4n) is 3.77. The van der Waals surface area contributed by atoms with E-state index in [2.05, 4.69) is 20.5 Å². The number of benzene rings is 3. The van der Waals surface area contributed by atoms with Gasteiger partial charge in [-0.2, -0.15) is 0 Å². The molecule has 8 nitrogen and oxygen atoms in total. The van der Waals surface area contributed by atoms with Gasteiger partial charge in [0.1, 0.15) is 11.5 Å². The first-order valence-electron chi connectivity index (χ1n) is 11.4. The number of ether oxygens (including phenoxy) is 2. The number of hydrogen-bond acceptors (Lipinski definition) is 6. The Hall–Kier alpha value is -4.15. The van der Waals surface area contributed by atoms with E-state index in [1.807, 2.05) is 18.2 Å². The Bertz CT molecular complexity index is 1380. The van der Waals surface area contributed by atoms with Crippen molar-refractivity contribution in [3.63, 3.8) is 0 Å². The first-order valence-corrected chi connectivity index (χ1v) is 11.4. The van der Waals surface area contributed by atoms with Gasteiger partial charge in [0.25, 0.3) is 0 Å². The molecule has 1 aliphatic rings. The molecule has 0 bridgehead atoms. The lowest BCUT2D eigenvalue weighted by atomic mass is 10.2. The second-order valence-electron chi connectivity index (χ2n) is 8.23. The number of anilines is 2. The summed E-state index contributed by atoms with van der Waals surface area (Å²) in [6.07, 6.45) is 1.80. The lowest BCUT2D eigenvalue weighted by Gasteiger charge is -2.26. The SMILES string of the molecule is O=C(Nc1ccc(Oc2ccc3ncc(CN4CCOCC4)nc3c2)cc1)Nc1ccc(F)c(F)c1. The largest absolute Gasteiger partial charge is 0.457 e. The molecule has 2 amide bonds. The maximum atomic E-state index is 13.3. The Labute approximate surface area is 205 Å². The van der Waals surface area contributed by atoms with E-state index >= 15 is 0 Å². The van der Waals surface area contributed by atoms with E-state index in [1.165, 1.54) is 6.07 Å². The molecule has 36 heavy (non-hydrogen) atoms. The van der Waals surface area contributed by atoms with Gasteiger partial charge in [0.15, 0.2) is 11.6 Å². The molecule has 0 unspecified atom stereocenters. The van der Waals surface area contributed by atoms with E-state index in [4.69, 9.17) is 14.5 Å². The number of carbonyl (C=O) groups is 1. The summed E-state index contributed by atoms with van der Waals surface area (Å²) in [6, 6.07) is 14.8. The van der Waals surface area contributed by atoms with E-state index in [1.54, 1.807) is 30.5 Å². The monoisotopic (exact) mass is 491 g/mol. The third-order valence-electron chi connectivity index (χ3n) is 5.58. The number of urea groups is 1. The molecule has 2 heterocycles. The predicted octanol–water partition coefficient (Wildman–Crippen LogP) is 5.18. The summed E-state index contributed by atoms with van der Waals surface area (Å²) in [7, 11) is 0. The highest BCUT2D eigenvalue weighted by molar-refractivity contribution is 5.99. The van der Waals surface area contributed by atoms with Crippen LogP contribution < -0.4 is 15.4 Å². The van der Waals surface area contributed by atoms with Crippen LogP contribution in [0.1, 0.15) is 5.69 Å². The number of halogens is 2. The van der Waals surface area contributed by atoms with E-state index in [9.17, 15) is 13.6 Å². The third kappa shape index (κ3) is 5.91. The Kier molecular flexibility index (Phi) is 6.96. The molecule has 5 rings (SSSR count). The van der Waals surface area contributed by atoms with Crippen LogP contribution in [0.2, 0.25) is 0 Å². The van der Waals surface area contributed by atoms with Crippen LogP contribution in [0, 0.1) is 11.6 Å². The van der Waals surface area contributed by atoms with Crippen molar-refractivity contribution in [3.8, 4) is 11.5 Å². The van der Waals surface area contributed by atoms with Crippen LogP contribution in [-0.4, -0.2) is 47.2 Å². The van der Waals surface area contributed by atoms with Gasteiger partial charge in [0, 0.05) is 43.1 Å². The van der Waals surface area contributed by atoms with Crippen LogP contribution in [-0.2, 0) is 11.3 Å². The molecule has 10 heteroatoms. The van der Waals surface area contributed by atoms with Gasteiger partial charge in [-0.3, -0.25) is 9.88 Å². The maximum absolute atomic E-state index is 13.3. The van der Waals surface area contributed by atoms with Crippen LogP contribution in [0.15, 0.2) is 66.9 Å². The molecule has 3 aromatic carbocycles. The van der Waals surface area contributed by atoms with Crippen molar-refractivity contribution in [1.29, 1.82) is 0 Å². The molecule has 184 valence electrons. The number of hydrogen-bond donors (Lipinski definition) is 2.